The minimum absolute atomic E-state index is 0.0756. The molecule has 1 heterocycles. The molecule has 1 fully saturated rings. The largest absolute Gasteiger partial charge is 0.497 e. The molecule has 3 nitrogen and oxygen atoms in total. The molecule has 0 bridgehead atoms. The molecule has 0 radical (unpaired) electrons. The third-order valence-electron chi connectivity index (χ3n) is 4.71. The number of hydrogen-bond donors (Lipinski definition) is 0. The second kappa shape index (κ2) is 4.95. The maximum absolute atomic E-state index is 5.22. The minimum Gasteiger partial charge on any atom is -0.497 e. The van der Waals surface area contributed by atoms with Gasteiger partial charge in [-0.2, -0.15) is 10.2 Å². The van der Waals surface area contributed by atoms with Gasteiger partial charge in [0.2, 0.25) is 0 Å². The molecule has 1 aromatic carbocycles. The van der Waals surface area contributed by atoms with E-state index in [1.807, 2.05) is 12.1 Å². The molecular weight excluding hydrogens is 236 g/mol. The molecule has 19 heavy (non-hydrogen) atoms. The van der Waals surface area contributed by atoms with Gasteiger partial charge >= 0.3 is 0 Å². The van der Waals surface area contributed by atoms with E-state index in [0.29, 0.717) is 5.92 Å². The highest BCUT2D eigenvalue weighted by molar-refractivity contribution is 5.29. The number of nitrogens with zero attached hydrogens (tertiary/aromatic N) is 2. The van der Waals surface area contributed by atoms with E-state index in [2.05, 4.69) is 29.3 Å². The van der Waals surface area contributed by atoms with Gasteiger partial charge in [0.15, 0.2) is 0 Å². The molecule has 1 aliphatic heterocycles. The van der Waals surface area contributed by atoms with Crippen LogP contribution in [0.5, 0.6) is 5.75 Å². The fourth-order valence-electron chi connectivity index (χ4n) is 3.64. The summed E-state index contributed by atoms with van der Waals surface area (Å²) < 4.78 is 5.22. The first-order valence-corrected chi connectivity index (χ1v) is 7.23. The van der Waals surface area contributed by atoms with Crippen molar-refractivity contribution in [1.29, 1.82) is 0 Å². The van der Waals surface area contributed by atoms with Crippen LogP contribution in [-0.2, 0) is 6.42 Å². The quantitative estimate of drug-likeness (QED) is 0.810. The summed E-state index contributed by atoms with van der Waals surface area (Å²) in [5, 5.41) is 9.04. The van der Waals surface area contributed by atoms with E-state index in [4.69, 9.17) is 4.74 Å². The molecule has 1 saturated carbocycles. The standard InChI is InChI=1S/C16H22N2O/c1-12-3-6-14-11-17-18-16(14,9-12)10-13-4-7-15(19-2)8-5-13/h4-5,7-8,12,14H,3,6,9-11H2,1-2H3/t12-,14-,16+/m1/s1. The molecule has 0 saturated heterocycles. The van der Waals surface area contributed by atoms with Crippen molar-refractivity contribution in [3.63, 3.8) is 0 Å². The lowest BCUT2D eigenvalue weighted by Gasteiger charge is -2.39. The first kappa shape index (κ1) is 12.6. The Hall–Kier alpha value is -1.38. The van der Waals surface area contributed by atoms with E-state index in [1.54, 1.807) is 7.11 Å². The first-order chi connectivity index (χ1) is 9.22. The highest BCUT2D eigenvalue weighted by atomic mass is 16.5. The Morgan fingerprint density at radius 1 is 1.26 bits per heavy atom. The zero-order valence-corrected chi connectivity index (χ0v) is 11.8. The Morgan fingerprint density at radius 3 is 2.79 bits per heavy atom. The monoisotopic (exact) mass is 258 g/mol. The van der Waals surface area contributed by atoms with Crippen molar-refractivity contribution in [2.75, 3.05) is 13.7 Å². The predicted octanol–water partition coefficient (Wildman–Crippen LogP) is 3.88. The van der Waals surface area contributed by atoms with E-state index in [1.165, 1.54) is 24.8 Å². The number of methoxy groups -OCH3 is 1. The molecule has 0 aromatic heterocycles. The lowest BCUT2D eigenvalue weighted by Crippen LogP contribution is -2.41. The summed E-state index contributed by atoms with van der Waals surface area (Å²) in [5.74, 6) is 2.35. The average molecular weight is 258 g/mol. The zero-order chi connectivity index (χ0) is 13.3. The number of fused-ring (bicyclic) bond motifs is 1. The fraction of sp³-hybridized carbons (Fsp3) is 0.625. The smallest absolute Gasteiger partial charge is 0.118 e. The van der Waals surface area contributed by atoms with Crippen LogP contribution in [0.1, 0.15) is 31.7 Å². The molecule has 3 rings (SSSR count). The molecule has 0 N–H and O–H groups in total. The van der Waals surface area contributed by atoms with Gasteiger partial charge in [-0.3, -0.25) is 0 Å². The summed E-state index contributed by atoms with van der Waals surface area (Å²) in [4.78, 5) is 0. The number of benzene rings is 1. The van der Waals surface area contributed by atoms with Crippen LogP contribution in [-0.4, -0.2) is 19.2 Å². The van der Waals surface area contributed by atoms with Crippen LogP contribution in [0.4, 0.5) is 0 Å². The van der Waals surface area contributed by atoms with Crippen LogP contribution >= 0.6 is 0 Å². The molecule has 2 aliphatic rings. The van der Waals surface area contributed by atoms with Gasteiger partial charge in [-0.15, -0.1) is 0 Å². The van der Waals surface area contributed by atoms with E-state index in [9.17, 15) is 0 Å². The van der Waals surface area contributed by atoms with Crippen molar-refractivity contribution in [3.05, 3.63) is 29.8 Å². The van der Waals surface area contributed by atoms with Crippen molar-refractivity contribution in [2.24, 2.45) is 22.1 Å². The Balaban J connectivity index is 1.81. The van der Waals surface area contributed by atoms with Gasteiger partial charge in [0.25, 0.3) is 0 Å². The van der Waals surface area contributed by atoms with Gasteiger partial charge in [-0.25, -0.2) is 0 Å². The van der Waals surface area contributed by atoms with Crippen LogP contribution in [0.2, 0.25) is 0 Å². The maximum Gasteiger partial charge on any atom is 0.118 e. The van der Waals surface area contributed by atoms with Gasteiger partial charge < -0.3 is 4.74 Å². The van der Waals surface area contributed by atoms with Gasteiger partial charge in [0.05, 0.1) is 19.2 Å². The summed E-state index contributed by atoms with van der Waals surface area (Å²) in [6.45, 7) is 3.28. The Morgan fingerprint density at radius 2 is 2.05 bits per heavy atom. The predicted molar refractivity (Wildman–Crippen MR) is 75.7 cm³/mol. The summed E-state index contributed by atoms with van der Waals surface area (Å²) in [7, 11) is 1.71. The van der Waals surface area contributed by atoms with Crippen LogP contribution < -0.4 is 4.74 Å². The van der Waals surface area contributed by atoms with Crippen molar-refractivity contribution in [1.82, 2.24) is 0 Å². The third kappa shape index (κ3) is 2.38. The normalized spacial score (nSPS) is 33.2. The molecular formula is C16H22N2O. The van der Waals surface area contributed by atoms with Gasteiger partial charge in [0, 0.05) is 5.92 Å². The van der Waals surface area contributed by atoms with Crippen molar-refractivity contribution in [3.8, 4) is 5.75 Å². The molecule has 1 aromatic rings. The molecule has 3 atom stereocenters. The highest BCUT2D eigenvalue weighted by Crippen LogP contribution is 2.45. The number of rotatable bonds is 3. The SMILES string of the molecule is COc1ccc(C[C@@]23C[C@H](C)CC[C@@H]2CN=N3)cc1. The van der Waals surface area contributed by atoms with E-state index in [0.717, 1.165) is 24.6 Å². The van der Waals surface area contributed by atoms with Gasteiger partial charge in [-0.1, -0.05) is 25.5 Å². The Labute approximate surface area is 115 Å². The molecule has 3 heteroatoms. The van der Waals surface area contributed by atoms with Crippen molar-refractivity contribution >= 4 is 0 Å². The molecule has 102 valence electrons. The average Bonchev–Trinajstić information content (AvgIpc) is 2.82. The molecule has 0 amide bonds. The van der Waals surface area contributed by atoms with Crippen LogP contribution in [0.3, 0.4) is 0 Å². The molecule has 0 spiro atoms. The minimum atomic E-state index is 0.0756. The molecule has 1 aliphatic carbocycles. The highest BCUT2D eigenvalue weighted by Gasteiger charge is 2.46. The van der Waals surface area contributed by atoms with Gasteiger partial charge in [0.1, 0.15) is 5.75 Å². The van der Waals surface area contributed by atoms with E-state index < -0.39 is 0 Å². The van der Waals surface area contributed by atoms with E-state index in [-0.39, 0.29) is 5.54 Å². The topological polar surface area (TPSA) is 34.0 Å². The van der Waals surface area contributed by atoms with Crippen molar-refractivity contribution in [2.45, 2.75) is 38.1 Å². The molecule has 0 unspecified atom stereocenters. The Bertz CT molecular complexity index is 468. The zero-order valence-electron chi connectivity index (χ0n) is 11.8. The first-order valence-electron chi connectivity index (χ1n) is 7.23. The summed E-state index contributed by atoms with van der Waals surface area (Å²) >= 11 is 0. The second-order valence-corrected chi connectivity index (χ2v) is 6.14. The van der Waals surface area contributed by atoms with Crippen LogP contribution in [0.25, 0.3) is 0 Å². The van der Waals surface area contributed by atoms with Crippen molar-refractivity contribution < 1.29 is 4.74 Å². The summed E-state index contributed by atoms with van der Waals surface area (Å²) in [5.41, 5.74) is 1.42. The summed E-state index contributed by atoms with van der Waals surface area (Å²) in [6.07, 6.45) is 4.83. The number of hydrogen-bond acceptors (Lipinski definition) is 3. The van der Waals surface area contributed by atoms with Crippen LogP contribution in [0.15, 0.2) is 34.5 Å². The number of ether oxygens (including phenoxy) is 1. The lowest BCUT2D eigenvalue weighted by atomic mass is 9.67. The lowest BCUT2D eigenvalue weighted by molar-refractivity contribution is 0.177. The third-order valence-corrected chi connectivity index (χ3v) is 4.71. The van der Waals surface area contributed by atoms with Gasteiger partial charge in [-0.05, 0) is 42.9 Å². The second-order valence-electron chi connectivity index (χ2n) is 6.14. The summed E-state index contributed by atoms with van der Waals surface area (Å²) in [6, 6.07) is 8.41. The number of azo groups is 1. The van der Waals surface area contributed by atoms with Crippen LogP contribution in [0, 0.1) is 11.8 Å². The Kier molecular flexibility index (Phi) is 3.29. The fourth-order valence-corrected chi connectivity index (χ4v) is 3.64. The van der Waals surface area contributed by atoms with E-state index >= 15 is 0 Å². The maximum atomic E-state index is 5.22.